The van der Waals surface area contributed by atoms with Crippen molar-refractivity contribution in [3.05, 3.63) is 34.7 Å². The maximum Gasteiger partial charge on any atom is 0.118 e. The Bertz CT molecular complexity index is 341. The molecule has 0 atom stereocenters. The average molecular weight is 241 g/mol. The average Bonchev–Trinajstić information content (AvgIpc) is 2.52. The first-order chi connectivity index (χ1) is 7.81. The highest BCUT2D eigenvalue weighted by Gasteiger charge is 2.13. The number of methoxy groups -OCH3 is 1. The monoisotopic (exact) mass is 240 g/mol. The first-order valence-electron chi connectivity index (χ1n) is 5.58. The zero-order chi connectivity index (χ0) is 11.4. The fraction of sp³-hybridized carbons (Fsp3) is 0.500. The van der Waals surface area contributed by atoms with Crippen LogP contribution in [0.2, 0.25) is 0 Å². The van der Waals surface area contributed by atoms with E-state index < -0.39 is 0 Å². The van der Waals surface area contributed by atoms with E-state index in [1.807, 2.05) is 6.08 Å². The van der Waals surface area contributed by atoms with E-state index in [0.29, 0.717) is 5.03 Å². The fourth-order valence-corrected chi connectivity index (χ4v) is 2.17. The number of piperazine rings is 1. The van der Waals surface area contributed by atoms with E-state index in [9.17, 15) is 0 Å². The first kappa shape index (κ1) is 11.6. The minimum absolute atomic E-state index is 0.698. The van der Waals surface area contributed by atoms with Gasteiger partial charge >= 0.3 is 0 Å². The highest BCUT2D eigenvalue weighted by Crippen LogP contribution is 2.22. The second-order valence-corrected chi connectivity index (χ2v) is 4.29. The van der Waals surface area contributed by atoms with Crippen molar-refractivity contribution < 1.29 is 4.74 Å². The number of halogens is 1. The number of nitrogens with one attached hydrogen (secondary N) is 1. The van der Waals surface area contributed by atoms with Gasteiger partial charge in [-0.2, -0.15) is 0 Å². The third-order valence-electron chi connectivity index (χ3n) is 2.89. The summed E-state index contributed by atoms with van der Waals surface area (Å²) in [5, 5.41) is 4.04. The van der Waals surface area contributed by atoms with E-state index >= 15 is 0 Å². The van der Waals surface area contributed by atoms with Crippen LogP contribution in [0.25, 0.3) is 0 Å². The second-order valence-electron chi connectivity index (χ2n) is 3.88. The lowest BCUT2D eigenvalue weighted by Crippen LogP contribution is -2.42. The summed E-state index contributed by atoms with van der Waals surface area (Å²) in [5.74, 6) is 0.836. The van der Waals surface area contributed by atoms with Crippen LogP contribution in [-0.4, -0.2) is 38.2 Å². The van der Waals surface area contributed by atoms with Crippen molar-refractivity contribution in [2.75, 3.05) is 33.3 Å². The lowest BCUT2D eigenvalue weighted by molar-refractivity contribution is 0.281. The molecule has 1 aliphatic heterocycles. The molecule has 0 aromatic carbocycles. The number of rotatable bonds is 2. The molecule has 0 unspecified atom stereocenters. The van der Waals surface area contributed by atoms with Crippen LogP contribution in [0.15, 0.2) is 34.7 Å². The van der Waals surface area contributed by atoms with Crippen LogP contribution in [-0.2, 0) is 4.74 Å². The molecule has 1 fully saturated rings. The Kier molecular flexibility index (Phi) is 3.91. The molecule has 3 nitrogen and oxygen atoms in total. The number of allylic oxidation sites excluding steroid dienone is 4. The summed E-state index contributed by atoms with van der Waals surface area (Å²) in [6, 6.07) is 0. The van der Waals surface area contributed by atoms with Gasteiger partial charge in [0.05, 0.1) is 12.1 Å². The van der Waals surface area contributed by atoms with Gasteiger partial charge in [0.25, 0.3) is 0 Å². The van der Waals surface area contributed by atoms with Crippen molar-refractivity contribution in [1.29, 1.82) is 0 Å². The van der Waals surface area contributed by atoms with Gasteiger partial charge in [0.2, 0.25) is 0 Å². The van der Waals surface area contributed by atoms with Gasteiger partial charge in [-0.15, -0.1) is 0 Å². The molecule has 0 amide bonds. The van der Waals surface area contributed by atoms with Gasteiger partial charge in [0, 0.05) is 38.3 Å². The molecule has 1 aliphatic carbocycles. The van der Waals surface area contributed by atoms with E-state index in [0.717, 1.165) is 38.4 Å². The molecule has 0 saturated carbocycles. The summed E-state index contributed by atoms with van der Waals surface area (Å²) in [6.45, 7) is 4.19. The lowest BCUT2D eigenvalue weighted by atomic mass is 10.2. The lowest BCUT2D eigenvalue weighted by Gasteiger charge is -2.30. The normalized spacial score (nSPS) is 21.9. The molecular formula is C12H17ClN2O. The zero-order valence-electron chi connectivity index (χ0n) is 9.50. The molecule has 0 radical (unpaired) electrons. The quantitative estimate of drug-likeness (QED) is 0.797. The molecule has 1 saturated heterocycles. The minimum atomic E-state index is 0.698. The summed E-state index contributed by atoms with van der Waals surface area (Å²) in [5.41, 5.74) is 1.24. The van der Waals surface area contributed by atoms with Crippen LogP contribution in [0.1, 0.15) is 6.42 Å². The molecule has 88 valence electrons. The summed E-state index contributed by atoms with van der Waals surface area (Å²) in [6.07, 6.45) is 6.93. The SMILES string of the molecule is COC1=C(Cl)C=CC(N2CCNCC2)=CC1. The Balaban J connectivity index is 2.08. The molecule has 0 aromatic heterocycles. The maximum absolute atomic E-state index is 6.10. The Morgan fingerprint density at radius 3 is 2.75 bits per heavy atom. The Morgan fingerprint density at radius 1 is 1.31 bits per heavy atom. The molecule has 4 heteroatoms. The van der Waals surface area contributed by atoms with Gasteiger partial charge in [-0.3, -0.25) is 0 Å². The number of hydrogen-bond acceptors (Lipinski definition) is 3. The van der Waals surface area contributed by atoms with E-state index in [1.165, 1.54) is 5.70 Å². The van der Waals surface area contributed by atoms with Crippen LogP contribution in [0.4, 0.5) is 0 Å². The van der Waals surface area contributed by atoms with Gasteiger partial charge in [0.15, 0.2) is 0 Å². The molecule has 0 aromatic rings. The van der Waals surface area contributed by atoms with Crippen molar-refractivity contribution in [2.24, 2.45) is 0 Å². The van der Waals surface area contributed by atoms with Crippen molar-refractivity contribution in [3.63, 3.8) is 0 Å². The predicted octanol–water partition coefficient (Wildman–Crippen LogP) is 1.83. The van der Waals surface area contributed by atoms with E-state index in [4.69, 9.17) is 16.3 Å². The largest absolute Gasteiger partial charge is 0.499 e. The molecule has 0 spiro atoms. The standard InChI is InChI=1S/C12H17ClN2O/c1-16-12-5-3-10(2-4-11(12)13)15-8-6-14-7-9-15/h2-4,14H,5-9H2,1H3. The molecule has 2 aliphatic rings. The Hall–Kier alpha value is -0.930. The first-order valence-corrected chi connectivity index (χ1v) is 5.95. The van der Waals surface area contributed by atoms with E-state index in [1.54, 1.807) is 7.11 Å². The number of nitrogens with zero attached hydrogens (tertiary/aromatic N) is 1. The highest BCUT2D eigenvalue weighted by atomic mass is 35.5. The van der Waals surface area contributed by atoms with E-state index in [-0.39, 0.29) is 0 Å². The van der Waals surface area contributed by atoms with Crippen molar-refractivity contribution >= 4 is 11.6 Å². The molecule has 2 rings (SSSR count). The third-order valence-corrected chi connectivity index (χ3v) is 3.23. The van der Waals surface area contributed by atoms with Gasteiger partial charge in [0.1, 0.15) is 5.76 Å². The number of ether oxygens (including phenoxy) is 1. The second kappa shape index (κ2) is 5.41. The Labute approximate surface area is 101 Å². The van der Waals surface area contributed by atoms with Crippen LogP contribution < -0.4 is 5.32 Å². The summed E-state index contributed by atoms with van der Waals surface area (Å²) < 4.78 is 5.24. The van der Waals surface area contributed by atoms with Gasteiger partial charge in [-0.1, -0.05) is 17.7 Å². The van der Waals surface area contributed by atoms with Crippen LogP contribution in [0.5, 0.6) is 0 Å². The van der Waals surface area contributed by atoms with Crippen molar-refractivity contribution in [3.8, 4) is 0 Å². The molecule has 1 N–H and O–H groups in total. The summed E-state index contributed by atoms with van der Waals surface area (Å²) >= 11 is 6.10. The molecule has 16 heavy (non-hydrogen) atoms. The topological polar surface area (TPSA) is 24.5 Å². The minimum Gasteiger partial charge on any atom is -0.499 e. The highest BCUT2D eigenvalue weighted by molar-refractivity contribution is 6.31. The fourth-order valence-electron chi connectivity index (χ4n) is 1.95. The van der Waals surface area contributed by atoms with Gasteiger partial charge < -0.3 is 15.0 Å². The van der Waals surface area contributed by atoms with Crippen LogP contribution in [0.3, 0.4) is 0 Å². The predicted molar refractivity (Wildman–Crippen MR) is 66.2 cm³/mol. The molecular weight excluding hydrogens is 224 g/mol. The van der Waals surface area contributed by atoms with Crippen molar-refractivity contribution in [1.82, 2.24) is 10.2 Å². The van der Waals surface area contributed by atoms with Crippen LogP contribution >= 0.6 is 11.6 Å². The van der Waals surface area contributed by atoms with Crippen LogP contribution in [0, 0.1) is 0 Å². The smallest absolute Gasteiger partial charge is 0.118 e. The third kappa shape index (κ3) is 2.60. The summed E-state index contributed by atoms with van der Waals surface area (Å²) in [4.78, 5) is 2.37. The van der Waals surface area contributed by atoms with Gasteiger partial charge in [-0.05, 0) is 12.2 Å². The summed E-state index contributed by atoms with van der Waals surface area (Å²) in [7, 11) is 1.66. The maximum atomic E-state index is 6.10. The zero-order valence-corrected chi connectivity index (χ0v) is 10.3. The number of hydrogen-bond donors (Lipinski definition) is 1. The van der Waals surface area contributed by atoms with E-state index in [2.05, 4.69) is 22.4 Å². The molecule has 1 heterocycles. The molecule has 0 bridgehead atoms. The Morgan fingerprint density at radius 2 is 2.06 bits per heavy atom. The van der Waals surface area contributed by atoms with Gasteiger partial charge in [-0.25, -0.2) is 0 Å². The van der Waals surface area contributed by atoms with Crippen molar-refractivity contribution in [2.45, 2.75) is 6.42 Å².